The second-order valence-electron chi connectivity index (χ2n) is 10.6. The van der Waals surface area contributed by atoms with Crippen molar-refractivity contribution in [3.05, 3.63) is 58.1 Å². The van der Waals surface area contributed by atoms with Crippen molar-refractivity contribution in [1.29, 1.82) is 0 Å². The molecule has 0 heterocycles. The van der Waals surface area contributed by atoms with Crippen molar-refractivity contribution in [3.8, 4) is 11.1 Å². The van der Waals surface area contributed by atoms with Crippen LogP contribution in [0.2, 0.25) is 0 Å². The lowest BCUT2D eigenvalue weighted by molar-refractivity contribution is -0.255. The molecule has 0 bridgehead atoms. The zero-order chi connectivity index (χ0) is 27.3. The monoisotopic (exact) mass is 503 g/mol. The molecule has 0 aromatic heterocycles. The van der Waals surface area contributed by atoms with Gasteiger partial charge in [-0.15, -0.1) is 0 Å². The number of carbonyl (C=O) groups excluding carboxylic acids is 4. The molecular weight excluding hydrogens is 464 g/mol. The van der Waals surface area contributed by atoms with Crippen molar-refractivity contribution in [1.82, 2.24) is 0 Å². The fourth-order valence-corrected chi connectivity index (χ4v) is 6.29. The number of carboxylic acid groups (broad SMARTS) is 1. The van der Waals surface area contributed by atoms with Crippen molar-refractivity contribution in [3.63, 3.8) is 0 Å². The maximum Gasteiger partial charge on any atom is 0.163 e. The van der Waals surface area contributed by atoms with Gasteiger partial charge in [-0.1, -0.05) is 57.9 Å². The Morgan fingerprint density at radius 2 is 1.81 bits per heavy atom. The predicted octanol–water partition coefficient (Wildman–Crippen LogP) is 5.71. The van der Waals surface area contributed by atoms with Crippen molar-refractivity contribution >= 4 is 23.3 Å². The van der Waals surface area contributed by atoms with Crippen LogP contribution in [0.4, 0.5) is 0 Å². The quantitative estimate of drug-likeness (QED) is 0.346. The van der Waals surface area contributed by atoms with Gasteiger partial charge in [-0.05, 0) is 90.8 Å². The summed E-state index contributed by atoms with van der Waals surface area (Å²) in [6.07, 6.45) is 5.16. The number of carbonyl (C=O) groups is 4. The van der Waals surface area contributed by atoms with Gasteiger partial charge in [0.25, 0.3) is 0 Å². The summed E-state index contributed by atoms with van der Waals surface area (Å²) >= 11 is 0. The Morgan fingerprint density at radius 3 is 2.41 bits per heavy atom. The van der Waals surface area contributed by atoms with E-state index in [-0.39, 0.29) is 47.1 Å². The predicted molar refractivity (Wildman–Crippen MR) is 144 cm³/mol. The molecule has 5 heteroatoms. The third kappa shape index (κ3) is 6.44. The molecular formula is C32H39O5-. The van der Waals surface area contributed by atoms with E-state index < -0.39 is 5.97 Å². The van der Waals surface area contributed by atoms with E-state index in [9.17, 15) is 24.3 Å². The number of aromatic carboxylic acids is 1. The summed E-state index contributed by atoms with van der Waals surface area (Å²) in [6.45, 7) is 9.63. The van der Waals surface area contributed by atoms with Crippen LogP contribution in [-0.4, -0.2) is 23.3 Å². The normalized spacial score (nSPS) is 16.7. The molecule has 0 amide bonds. The Labute approximate surface area is 220 Å². The lowest BCUT2D eigenvalue weighted by atomic mass is 9.70. The fraction of sp³-hybridized carbons (Fsp3) is 0.500. The van der Waals surface area contributed by atoms with Gasteiger partial charge in [-0.2, -0.15) is 0 Å². The fourth-order valence-electron chi connectivity index (χ4n) is 6.29. The van der Waals surface area contributed by atoms with Crippen LogP contribution in [0.25, 0.3) is 11.1 Å². The number of fused-ring (bicyclic) bond motifs is 1. The number of hydrogen-bond acceptors (Lipinski definition) is 5. The number of carboxylic acids is 1. The molecule has 0 saturated carbocycles. The molecule has 2 aromatic rings. The van der Waals surface area contributed by atoms with Gasteiger partial charge in [-0.25, -0.2) is 0 Å². The highest BCUT2D eigenvalue weighted by Crippen LogP contribution is 2.41. The Kier molecular flexibility index (Phi) is 9.58. The summed E-state index contributed by atoms with van der Waals surface area (Å²) in [4.78, 5) is 49.7. The van der Waals surface area contributed by atoms with Crippen LogP contribution in [0.15, 0.2) is 30.3 Å². The molecule has 3 atom stereocenters. The summed E-state index contributed by atoms with van der Waals surface area (Å²) in [5.74, 6) is -1.16. The van der Waals surface area contributed by atoms with Gasteiger partial charge in [0.1, 0.15) is 11.6 Å². The number of ketones is 3. The van der Waals surface area contributed by atoms with Gasteiger partial charge in [0, 0.05) is 17.9 Å². The van der Waals surface area contributed by atoms with E-state index in [4.69, 9.17) is 0 Å². The minimum Gasteiger partial charge on any atom is -0.545 e. The van der Waals surface area contributed by atoms with E-state index >= 15 is 0 Å². The molecule has 3 unspecified atom stereocenters. The van der Waals surface area contributed by atoms with Gasteiger partial charge >= 0.3 is 0 Å². The molecule has 0 N–H and O–H groups in total. The summed E-state index contributed by atoms with van der Waals surface area (Å²) in [7, 11) is 0. The second kappa shape index (κ2) is 12.4. The lowest BCUT2D eigenvalue weighted by Crippen LogP contribution is -2.30. The third-order valence-electron chi connectivity index (χ3n) is 7.98. The van der Waals surface area contributed by atoms with E-state index in [1.165, 1.54) is 13.0 Å². The molecule has 0 spiro atoms. The standard InChI is InChI=1S/C32H40O5/c1-6-10-23(26(8-3)29(34)13-19(4)33)14-21-15-28-27(24-11-9-12-25(17-24)32(36)37)18-22(7-2)20(5)31(28)30(35)16-21/h9,11-12,17-18,21,23,26H,6-8,10,13-16H2,1-5H3,(H,36,37)/p-1. The molecule has 2 aromatic carbocycles. The first-order chi connectivity index (χ1) is 17.6. The highest BCUT2D eigenvalue weighted by Gasteiger charge is 2.34. The second-order valence-corrected chi connectivity index (χ2v) is 10.6. The zero-order valence-electron chi connectivity index (χ0n) is 22.8. The number of benzene rings is 2. The van der Waals surface area contributed by atoms with E-state index in [0.29, 0.717) is 19.3 Å². The third-order valence-corrected chi connectivity index (χ3v) is 7.98. The average molecular weight is 504 g/mol. The number of aryl methyl sites for hydroxylation is 1. The number of rotatable bonds is 12. The number of hydrogen-bond donors (Lipinski definition) is 0. The largest absolute Gasteiger partial charge is 0.545 e. The van der Waals surface area contributed by atoms with E-state index in [2.05, 4.69) is 19.9 Å². The summed E-state index contributed by atoms with van der Waals surface area (Å²) in [6, 6.07) is 8.85. The van der Waals surface area contributed by atoms with Crippen LogP contribution < -0.4 is 5.11 Å². The summed E-state index contributed by atoms with van der Waals surface area (Å²) in [5.41, 5.74) is 5.64. The minimum absolute atomic E-state index is 0.0132. The molecule has 1 aliphatic carbocycles. The van der Waals surface area contributed by atoms with Gasteiger partial charge in [0.15, 0.2) is 5.78 Å². The summed E-state index contributed by atoms with van der Waals surface area (Å²) < 4.78 is 0. The average Bonchev–Trinajstić information content (AvgIpc) is 2.84. The highest BCUT2D eigenvalue weighted by molar-refractivity contribution is 6.02. The van der Waals surface area contributed by atoms with Gasteiger partial charge in [0.2, 0.25) is 0 Å². The Balaban J connectivity index is 2.03. The topological polar surface area (TPSA) is 91.3 Å². The Bertz CT molecular complexity index is 1190. The lowest BCUT2D eigenvalue weighted by Gasteiger charge is -2.33. The van der Waals surface area contributed by atoms with Crippen molar-refractivity contribution < 1.29 is 24.3 Å². The molecule has 0 radical (unpaired) electrons. The Hall–Kier alpha value is -3.08. The molecule has 37 heavy (non-hydrogen) atoms. The number of Topliss-reactive ketones (excluding diaryl/α,β-unsaturated/α-hetero) is 3. The van der Waals surface area contributed by atoms with Crippen molar-refractivity contribution in [2.75, 3.05) is 0 Å². The maximum atomic E-state index is 13.6. The Morgan fingerprint density at radius 1 is 1.08 bits per heavy atom. The summed E-state index contributed by atoms with van der Waals surface area (Å²) in [5, 5.41) is 11.5. The molecule has 1 aliphatic rings. The maximum absolute atomic E-state index is 13.6. The van der Waals surface area contributed by atoms with Crippen LogP contribution in [0, 0.1) is 24.7 Å². The molecule has 0 aliphatic heterocycles. The smallest absolute Gasteiger partial charge is 0.163 e. The zero-order valence-corrected chi connectivity index (χ0v) is 22.8. The van der Waals surface area contributed by atoms with Crippen LogP contribution >= 0.6 is 0 Å². The van der Waals surface area contributed by atoms with E-state index in [1.807, 2.05) is 19.9 Å². The first-order valence-corrected chi connectivity index (χ1v) is 13.6. The van der Waals surface area contributed by atoms with Gasteiger partial charge < -0.3 is 9.90 Å². The first kappa shape index (κ1) is 28.5. The van der Waals surface area contributed by atoms with Gasteiger partial charge in [-0.3, -0.25) is 14.4 Å². The van der Waals surface area contributed by atoms with Gasteiger partial charge in [0.05, 0.1) is 12.4 Å². The molecule has 0 fully saturated rings. The van der Waals surface area contributed by atoms with E-state index in [1.54, 1.807) is 12.1 Å². The first-order valence-electron chi connectivity index (χ1n) is 13.6. The van der Waals surface area contributed by atoms with Crippen LogP contribution in [-0.2, 0) is 22.4 Å². The minimum atomic E-state index is -1.23. The molecule has 0 saturated heterocycles. The van der Waals surface area contributed by atoms with E-state index in [0.717, 1.165) is 59.1 Å². The van der Waals surface area contributed by atoms with Crippen LogP contribution in [0.3, 0.4) is 0 Å². The van der Waals surface area contributed by atoms with Crippen molar-refractivity contribution in [2.45, 2.75) is 86.0 Å². The van der Waals surface area contributed by atoms with Crippen LogP contribution in [0.1, 0.15) is 104 Å². The molecule has 3 rings (SSSR count). The van der Waals surface area contributed by atoms with Crippen LogP contribution in [0.5, 0.6) is 0 Å². The highest BCUT2D eigenvalue weighted by atomic mass is 16.4. The van der Waals surface area contributed by atoms with Crippen molar-refractivity contribution in [2.24, 2.45) is 17.8 Å². The SMILES string of the molecule is CCCC(CC1CC(=O)c2c(C)c(CC)cc(-c3cccc(C(=O)[O-])c3)c2C1)C(CC)C(=O)CC(C)=O. The molecule has 5 nitrogen and oxygen atoms in total. The molecule has 198 valence electrons.